The molecule has 1 amide bonds. The fourth-order valence-electron chi connectivity index (χ4n) is 3.11. The van der Waals surface area contributed by atoms with E-state index in [0.717, 1.165) is 49.6 Å². The molecule has 0 spiro atoms. The molecule has 0 unspecified atom stereocenters. The summed E-state index contributed by atoms with van der Waals surface area (Å²) in [4.78, 5) is 14.7. The van der Waals surface area contributed by atoms with E-state index in [2.05, 4.69) is 10.2 Å². The number of rotatable bonds is 5. The van der Waals surface area contributed by atoms with E-state index >= 15 is 0 Å². The van der Waals surface area contributed by atoms with Crippen molar-refractivity contribution >= 4 is 17.5 Å². The minimum absolute atomic E-state index is 0.0853. The molecule has 1 N–H and O–H groups in total. The molecule has 0 radical (unpaired) electrons. The molecule has 1 aliphatic heterocycles. The standard InChI is InChI=1S/C19H23ClN2O2/c1-14-6-7-17(24-14)13-22-10-8-15(9-11-22)19(23)21-12-16-4-2-3-5-18(16)20/h2-7,15H,8-13H2,1H3,(H,21,23). The fraction of sp³-hybridized carbons (Fsp3) is 0.421. The zero-order chi connectivity index (χ0) is 16.9. The first-order valence-electron chi connectivity index (χ1n) is 8.40. The van der Waals surface area contributed by atoms with Gasteiger partial charge in [0.05, 0.1) is 6.54 Å². The van der Waals surface area contributed by atoms with E-state index in [1.165, 1.54) is 0 Å². The lowest BCUT2D eigenvalue weighted by molar-refractivity contribution is -0.126. The Bertz CT molecular complexity index is 690. The van der Waals surface area contributed by atoms with Gasteiger partial charge in [-0.3, -0.25) is 9.69 Å². The van der Waals surface area contributed by atoms with E-state index in [9.17, 15) is 4.79 Å². The third-order valence-corrected chi connectivity index (χ3v) is 4.91. The van der Waals surface area contributed by atoms with Crippen LogP contribution in [0.4, 0.5) is 0 Å². The Morgan fingerprint density at radius 2 is 2.00 bits per heavy atom. The molecule has 1 aromatic carbocycles. The molecule has 128 valence electrons. The molecular formula is C19H23ClN2O2. The van der Waals surface area contributed by atoms with Crippen LogP contribution in [0.1, 0.15) is 29.9 Å². The van der Waals surface area contributed by atoms with Crippen LogP contribution in [0.2, 0.25) is 5.02 Å². The van der Waals surface area contributed by atoms with Crippen LogP contribution in [-0.4, -0.2) is 23.9 Å². The van der Waals surface area contributed by atoms with Gasteiger partial charge in [0.15, 0.2) is 0 Å². The molecule has 1 fully saturated rings. The number of hydrogen-bond donors (Lipinski definition) is 1. The Hall–Kier alpha value is -1.78. The largest absolute Gasteiger partial charge is 0.465 e. The highest BCUT2D eigenvalue weighted by Crippen LogP contribution is 2.21. The van der Waals surface area contributed by atoms with Gasteiger partial charge in [-0.2, -0.15) is 0 Å². The molecule has 2 aromatic rings. The minimum atomic E-state index is 0.0853. The fourth-order valence-corrected chi connectivity index (χ4v) is 3.31. The van der Waals surface area contributed by atoms with Gasteiger partial charge in [0, 0.05) is 17.5 Å². The summed E-state index contributed by atoms with van der Waals surface area (Å²) in [6, 6.07) is 11.6. The monoisotopic (exact) mass is 346 g/mol. The zero-order valence-electron chi connectivity index (χ0n) is 13.9. The molecule has 5 heteroatoms. The highest BCUT2D eigenvalue weighted by atomic mass is 35.5. The van der Waals surface area contributed by atoms with Crippen molar-refractivity contribution in [1.29, 1.82) is 0 Å². The van der Waals surface area contributed by atoms with Crippen molar-refractivity contribution in [2.24, 2.45) is 5.92 Å². The number of piperidine rings is 1. The summed E-state index contributed by atoms with van der Waals surface area (Å²) in [5.41, 5.74) is 0.957. The first-order valence-corrected chi connectivity index (χ1v) is 8.78. The second-order valence-electron chi connectivity index (χ2n) is 6.37. The summed E-state index contributed by atoms with van der Waals surface area (Å²) in [5.74, 6) is 2.15. The van der Waals surface area contributed by atoms with E-state index in [-0.39, 0.29) is 11.8 Å². The lowest BCUT2D eigenvalue weighted by Gasteiger charge is -2.30. The molecule has 0 bridgehead atoms. The summed E-state index contributed by atoms with van der Waals surface area (Å²) in [6.45, 7) is 5.11. The van der Waals surface area contributed by atoms with Gasteiger partial charge in [-0.05, 0) is 56.6 Å². The lowest BCUT2D eigenvalue weighted by Crippen LogP contribution is -2.40. The van der Waals surface area contributed by atoms with Crippen molar-refractivity contribution in [2.45, 2.75) is 32.9 Å². The van der Waals surface area contributed by atoms with Crippen molar-refractivity contribution in [2.75, 3.05) is 13.1 Å². The Morgan fingerprint density at radius 1 is 1.25 bits per heavy atom. The number of benzene rings is 1. The Kier molecular flexibility index (Phi) is 5.59. The van der Waals surface area contributed by atoms with Gasteiger partial charge in [0.25, 0.3) is 0 Å². The zero-order valence-corrected chi connectivity index (χ0v) is 14.7. The molecule has 0 aliphatic carbocycles. The van der Waals surface area contributed by atoms with Crippen LogP contribution >= 0.6 is 11.6 Å². The summed E-state index contributed by atoms with van der Waals surface area (Å²) in [6.07, 6.45) is 1.77. The number of carbonyl (C=O) groups excluding carboxylic acids is 1. The number of carbonyl (C=O) groups is 1. The van der Waals surface area contributed by atoms with Crippen LogP contribution in [0.15, 0.2) is 40.8 Å². The second-order valence-corrected chi connectivity index (χ2v) is 6.78. The van der Waals surface area contributed by atoms with Gasteiger partial charge in [-0.15, -0.1) is 0 Å². The maximum absolute atomic E-state index is 12.4. The molecule has 0 saturated carbocycles. The van der Waals surface area contributed by atoms with E-state index < -0.39 is 0 Å². The molecule has 1 aromatic heterocycles. The maximum Gasteiger partial charge on any atom is 0.223 e. The van der Waals surface area contributed by atoms with Crippen molar-refractivity contribution in [1.82, 2.24) is 10.2 Å². The number of aryl methyl sites for hydroxylation is 1. The van der Waals surface area contributed by atoms with E-state index in [4.69, 9.17) is 16.0 Å². The third kappa shape index (κ3) is 4.40. The topological polar surface area (TPSA) is 45.5 Å². The Morgan fingerprint density at radius 3 is 2.67 bits per heavy atom. The van der Waals surface area contributed by atoms with Crippen molar-refractivity contribution in [3.05, 3.63) is 58.5 Å². The van der Waals surface area contributed by atoms with Crippen molar-refractivity contribution in [3.8, 4) is 0 Å². The average Bonchev–Trinajstić information content (AvgIpc) is 2.99. The molecular weight excluding hydrogens is 324 g/mol. The van der Waals surface area contributed by atoms with Crippen molar-refractivity contribution in [3.63, 3.8) is 0 Å². The first kappa shape index (κ1) is 17.1. The van der Waals surface area contributed by atoms with Crippen LogP contribution in [0.5, 0.6) is 0 Å². The lowest BCUT2D eigenvalue weighted by atomic mass is 9.95. The number of halogens is 1. The first-order chi connectivity index (χ1) is 11.6. The summed E-state index contributed by atoms with van der Waals surface area (Å²) in [7, 11) is 0. The van der Waals surface area contributed by atoms with Crippen LogP contribution in [0, 0.1) is 12.8 Å². The van der Waals surface area contributed by atoms with Gasteiger partial charge in [-0.1, -0.05) is 29.8 Å². The highest BCUT2D eigenvalue weighted by molar-refractivity contribution is 6.31. The van der Waals surface area contributed by atoms with Crippen LogP contribution in [-0.2, 0) is 17.9 Å². The van der Waals surface area contributed by atoms with Crippen LogP contribution in [0.25, 0.3) is 0 Å². The molecule has 24 heavy (non-hydrogen) atoms. The average molecular weight is 347 g/mol. The predicted octanol–water partition coefficient (Wildman–Crippen LogP) is 3.77. The number of amides is 1. The summed E-state index contributed by atoms with van der Waals surface area (Å²) in [5, 5.41) is 3.71. The molecule has 1 aliphatic rings. The van der Waals surface area contributed by atoms with Gasteiger partial charge >= 0.3 is 0 Å². The van der Waals surface area contributed by atoms with Gasteiger partial charge in [0.2, 0.25) is 5.91 Å². The molecule has 2 heterocycles. The number of furan rings is 1. The second kappa shape index (κ2) is 7.86. The quantitative estimate of drug-likeness (QED) is 0.896. The SMILES string of the molecule is Cc1ccc(CN2CCC(C(=O)NCc3ccccc3Cl)CC2)o1. The number of nitrogens with one attached hydrogen (secondary N) is 1. The Labute approximate surface area is 147 Å². The third-order valence-electron chi connectivity index (χ3n) is 4.54. The van der Waals surface area contributed by atoms with Gasteiger partial charge < -0.3 is 9.73 Å². The normalized spacial score (nSPS) is 16.2. The Balaban J connectivity index is 1.44. The molecule has 4 nitrogen and oxygen atoms in total. The smallest absolute Gasteiger partial charge is 0.223 e. The minimum Gasteiger partial charge on any atom is -0.465 e. The van der Waals surface area contributed by atoms with Gasteiger partial charge in [0.1, 0.15) is 11.5 Å². The van der Waals surface area contributed by atoms with E-state index in [1.54, 1.807) is 0 Å². The van der Waals surface area contributed by atoms with E-state index in [0.29, 0.717) is 11.6 Å². The van der Waals surface area contributed by atoms with Crippen molar-refractivity contribution < 1.29 is 9.21 Å². The predicted molar refractivity (Wildman–Crippen MR) is 94.7 cm³/mol. The number of nitrogens with zero attached hydrogens (tertiary/aromatic N) is 1. The van der Waals surface area contributed by atoms with Crippen LogP contribution in [0.3, 0.4) is 0 Å². The number of likely N-dealkylation sites (tertiary alicyclic amines) is 1. The summed E-state index contributed by atoms with van der Waals surface area (Å²) >= 11 is 6.12. The van der Waals surface area contributed by atoms with Gasteiger partial charge in [-0.25, -0.2) is 0 Å². The molecule has 3 rings (SSSR count). The summed E-state index contributed by atoms with van der Waals surface area (Å²) < 4.78 is 5.63. The highest BCUT2D eigenvalue weighted by Gasteiger charge is 2.25. The maximum atomic E-state index is 12.4. The molecule has 1 saturated heterocycles. The van der Waals surface area contributed by atoms with Crippen LogP contribution < -0.4 is 5.32 Å². The molecule has 0 atom stereocenters. The van der Waals surface area contributed by atoms with E-state index in [1.807, 2.05) is 43.3 Å². The number of hydrogen-bond acceptors (Lipinski definition) is 3.